The first kappa shape index (κ1) is 23.8. The van der Waals surface area contributed by atoms with Gasteiger partial charge in [-0.2, -0.15) is 0 Å². The molecule has 0 fully saturated rings. The van der Waals surface area contributed by atoms with Crippen molar-refractivity contribution in [3.8, 4) is 5.75 Å². The van der Waals surface area contributed by atoms with Gasteiger partial charge in [-0.05, 0) is 75.7 Å². The maximum absolute atomic E-state index is 12.6. The fourth-order valence-corrected chi connectivity index (χ4v) is 3.98. The number of anilines is 1. The van der Waals surface area contributed by atoms with E-state index in [2.05, 4.69) is 15.5 Å². The Hall–Kier alpha value is -2.84. The molecule has 168 valence electrons. The van der Waals surface area contributed by atoms with E-state index >= 15 is 0 Å². The van der Waals surface area contributed by atoms with Crippen LogP contribution in [-0.4, -0.2) is 31.7 Å². The summed E-state index contributed by atoms with van der Waals surface area (Å²) in [5, 5.41) is 12.3. The van der Waals surface area contributed by atoms with Gasteiger partial charge >= 0.3 is 0 Å². The van der Waals surface area contributed by atoms with Crippen molar-refractivity contribution >= 4 is 40.7 Å². The molecule has 1 atom stereocenters. The van der Waals surface area contributed by atoms with Gasteiger partial charge in [-0.1, -0.05) is 23.4 Å². The van der Waals surface area contributed by atoms with E-state index in [4.69, 9.17) is 16.3 Å². The molecule has 7 nitrogen and oxygen atoms in total. The molecule has 3 rings (SSSR count). The average molecular weight is 473 g/mol. The van der Waals surface area contributed by atoms with E-state index in [0.29, 0.717) is 39.5 Å². The van der Waals surface area contributed by atoms with Crippen LogP contribution in [0.3, 0.4) is 0 Å². The highest BCUT2D eigenvalue weighted by molar-refractivity contribution is 8.00. The van der Waals surface area contributed by atoms with E-state index in [1.807, 2.05) is 37.5 Å². The molecular formula is C23H25ClN4O3S. The monoisotopic (exact) mass is 472 g/mol. The van der Waals surface area contributed by atoms with E-state index in [1.165, 1.54) is 18.7 Å². The Bertz CT molecular complexity index is 1110. The Morgan fingerprint density at radius 1 is 1.19 bits per heavy atom. The Kier molecular flexibility index (Phi) is 7.93. The number of thioether (sulfide) groups is 1. The fraction of sp³-hybridized carbons (Fsp3) is 0.304. The molecule has 2 aromatic carbocycles. The van der Waals surface area contributed by atoms with Gasteiger partial charge in [0.25, 0.3) is 0 Å². The van der Waals surface area contributed by atoms with E-state index in [0.717, 1.165) is 5.56 Å². The van der Waals surface area contributed by atoms with Crippen LogP contribution in [0.2, 0.25) is 5.02 Å². The van der Waals surface area contributed by atoms with Crippen molar-refractivity contribution in [2.75, 3.05) is 5.32 Å². The molecule has 0 saturated heterocycles. The maximum Gasteiger partial charge on any atom is 0.237 e. The molecule has 0 radical (unpaired) electrons. The molecule has 1 aromatic heterocycles. The molecule has 0 aliphatic carbocycles. The van der Waals surface area contributed by atoms with Crippen LogP contribution in [0.25, 0.3) is 0 Å². The number of aromatic nitrogens is 3. The van der Waals surface area contributed by atoms with Crippen molar-refractivity contribution in [3.63, 3.8) is 0 Å². The van der Waals surface area contributed by atoms with Crippen molar-refractivity contribution in [1.29, 1.82) is 0 Å². The van der Waals surface area contributed by atoms with Crippen molar-refractivity contribution in [2.24, 2.45) is 0 Å². The third-order valence-electron chi connectivity index (χ3n) is 4.82. The number of carbonyl (C=O) groups excluding carboxylic acids is 2. The van der Waals surface area contributed by atoms with Gasteiger partial charge in [-0.15, -0.1) is 10.2 Å². The van der Waals surface area contributed by atoms with Crippen LogP contribution < -0.4 is 10.1 Å². The number of nitrogens with zero attached hydrogens (tertiary/aromatic N) is 3. The molecule has 1 N–H and O–H groups in total. The predicted molar refractivity (Wildman–Crippen MR) is 127 cm³/mol. The van der Waals surface area contributed by atoms with Gasteiger partial charge < -0.3 is 14.6 Å². The van der Waals surface area contributed by atoms with E-state index in [-0.39, 0.29) is 18.3 Å². The second-order valence-electron chi connectivity index (χ2n) is 7.23. The van der Waals surface area contributed by atoms with Gasteiger partial charge in [0.15, 0.2) is 16.8 Å². The molecule has 32 heavy (non-hydrogen) atoms. The highest BCUT2D eigenvalue weighted by Gasteiger charge is 2.20. The minimum atomic E-state index is -0.398. The number of nitrogens with one attached hydrogen (secondary N) is 1. The van der Waals surface area contributed by atoms with Gasteiger partial charge in [0.1, 0.15) is 12.4 Å². The molecule has 0 aliphatic rings. The number of hydrogen-bond acceptors (Lipinski definition) is 6. The molecule has 0 aliphatic heterocycles. The van der Waals surface area contributed by atoms with Crippen molar-refractivity contribution in [1.82, 2.24) is 14.8 Å². The summed E-state index contributed by atoms with van der Waals surface area (Å²) < 4.78 is 7.78. The smallest absolute Gasteiger partial charge is 0.237 e. The van der Waals surface area contributed by atoms with Gasteiger partial charge in [0, 0.05) is 22.8 Å². The summed E-state index contributed by atoms with van der Waals surface area (Å²) in [6.45, 7) is 8.13. The molecular weight excluding hydrogens is 448 g/mol. The highest BCUT2D eigenvalue weighted by Crippen LogP contribution is 2.25. The SMILES string of the molecule is CCn1c(COc2ccc(Cl)c(C)c2)nnc1S[C@H](C)C(=O)Nc1ccc(C(C)=O)cc1. The summed E-state index contributed by atoms with van der Waals surface area (Å²) in [6.07, 6.45) is 0. The second kappa shape index (κ2) is 10.7. The zero-order valence-corrected chi connectivity index (χ0v) is 20.0. The lowest BCUT2D eigenvalue weighted by Gasteiger charge is -2.13. The zero-order chi connectivity index (χ0) is 23.3. The number of rotatable bonds is 9. The number of halogens is 1. The van der Waals surface area contributed by atoms with Crippen LogP contribution >= 0.6 is 23.4 Å². The van der Waals surface area contributed by atoms with Crippen molar-refractivity contribution in [3.05, 3.63) is 64.4 Å². The first-order chi connectivity index (χ1) is 15.3. The maximum atomic E-state index is 12.6. The normalized spacial score (nSPS) is 11.8. The standard InChI is InChI=1S/C23H25ClN4O3S/c1-5-28-21(13-31-19-10-11-20(24)14(2)12-19)26-27-23(28)32-16(4)22(30)25-18-8-6-17(7-9-18)15(3)29/h6-12,16H,5,13H2,1-4H3,(H,25,30)/t16-/m1/s1. The number of benzene rings is 2. The number of aryl methyl sites for hydroxylation is 1. The van der Waals surface area contributed by atoms with Crippen molar-refractivity contribution < 1.29 is 14.3 Å². The Morgan fingerprint density at radius 3 is 2.53 bits per heavy atom. The molecule has 3 aromatic rings. The molecule has 1 heterocycles. The minimum Gasteiger partial charge on any atom is -0.486 e. The number of amides is 1. The summed E-state index contributed by atoms with van der Waals surface area (Å²) in [4.78, 5) is 24.0. The Balaban J connectivity index is 1.62. The molecule has 1 amide bonds. The van der Waals surface area contributed by atoms with Crippen LogP contribution in [0.4, 0.5) is 5.69 Å². The number of ketones is 1. The Morgan fingerprint density at radius 2 is 1.91 bits per heavy atom. The molecule has 0 bridgehead atoms. The number of ether oxygens (including phenoxy) is 1. The van der Waals surface area contributed by atoms with E-state index in [9.17, 15) is 9.59 Å². The first-order valence-electron chi connectivity index (χ1n) is 10.2. The summed E-state index contributed by atoms with van der Waals surface area (Å²) in [5.74, 6) is 1.20. The lowest BCUT2D eigenvalue weighted by molar-refractivity contribution is -0.115. The largest absolute Gasteiger partial charge is 0.486 e. The fourth-order valence-electron chi connectivity index (χ4n) is 2.93. The zero-order valence-electron chi connectivity index (χ0n) is 18.4. The van der Waals surface area contributed by atoms with Gasteiger partial charge in [0.2, 0.25) is 5.91 Å². The first-order valence-corrected chi connectivity index (χ1v) is 11.4. The highest BCUT2D eigenvalue weighted by atomic mass is 35.5. The lowest BCUT2D eigenvalue weighted by atomic mass is 10.1. The summed E-state index contributed by atoms with van der Waals surface area (Å²) in [5.41, 5.74) is 2.18. The topological polar surface area (TPSA) is 86.1 Å². The van der Waals surface area contributed by atoms with Gasteiger partial charge in [-0.25, -0.2) is 0 Å². The van der Waals surface area contributed by atoms with Crippen molar-refractivity contribution in [2.45, 2.75) is 51.3 Å². The molecule has 0 unspecified atom stereocenters. The van der Waals surface area contributed by atoms with Crippen LogP contribution in [0.5, 0.6) is 5.75 Å². The van der Waals surface area contributed by atoms with Crippen LogP contribution in [0.1, 0.15) is 42.5 Å². The van der Waals surface area contributed by atoms with Crippen LogP contribution in [0.15, 0.2) is 47.6 Å². The third-order valence-corrected chi connectivity index (χ3v) is 6.32. The summed E-state index contributed by atoms with van der Waals surface area (Å²) in [6, 6.07) is 12.3. The average Bonchev–Trinajstić information content (AvgIpc) is 3.16. The summed E-state index contributed by atoms with van der Waals surface area (Å²) in [7, 11) is 0. The molecule has 0 spiro atoms. The number of Topliss-reactive ketones (excluding diaryl/α,β-unsaturated/α-hetero) is 1. The van der Waals surface area contributed by atoms with Crippen LogP contribution in [-0.2, 0) is 17.9 Å². The van der Waals surface area contributed by atoms with Crippen LogP contribution in [0, 0.1) is 6.92 Å². The quantitative estimate of drug-likeness (QED) is 0.342. The Labute approximate surface area is 196 Å². The van der Waals surface area contributed by atoms with E-state index < -0.39 is 5.25 Å². The van der Waals surface area contributed by atoms with E-state index in [1.54, 1.807) is 30.3 Å². The molecule has 0 saturated carbocycles. The third kappa shape index (κ3) is 5.89. The second-order valence-corrected chi connectivity index (χ2v) is 8.94. The lowest BCUT2D eigenvalue weighted by Crippen LogP contribution is -2.23. The number of carbonyl (C=O) groups is 2. The minimum absolute atomic E-state index is 0.0170. The summed E-state index contributed by atoms with van der Waals surface area (Å²) >= 11 is 7.39. The predicted octanol–water partition coefficient (Wildman–Crippen LogP) is 5.16. The molecule has 9 heteroatoms. The van der Waals surface area contributed by atoms with Gasteiger partial charge in [0.05, 0.1) is 5.25 Å². The number of hydrogen-bond donors (Lipinski definition) is 1. The van der Waals surface area contributed by atoms with Gasteiger partial charge in [-0.3, -0.25) is 9.59 Å².